The predicted molar refractivity (Wildman–Crippen MR) is 161 cm³/mol. The molecule has 3 rings (SSSR count). The van der Waals surface area contributed by atoms with Crippen LogP contribution in [0.2, 0.25) is 0 Å². The summed E-state index contributed by atoms with van der Waals surface area (Å²) in [7, 11) is 0. The maximum atomic E-state index is 12.4. The number of carbonyl (C=O) groups excluding carboxylic acids is 4. The van der Waals surface area contributed by atoms with E-state index in [0.29, 0.717) is 63.6 Å². The zero-order valence-electron chi connectivity index (χ0n) is 26.3. The molecule has 1 fully saturated rings. The fraction of sp³-hybridized carbons (Fsp3) is 0.594. The number of amides is 3. The first-order valence-electron chi connectivity index (χ1n) is 15.4. The van der Waals surface area contributed by atoms with E-state index < -0.39 is 48.1 Å². The second kappa shape index (κ2) is 16.6. The number of unbranched alkanes of at least 4 members (excludes halogenated alkanes) is 3. The highest BCUT2D eigenvalue weighted by atomic mass is 16.7. The van der Waals surface area contributed by atoms with E-state index in [0.717, 1.165) is 5.56 Å². The molecule has 1 aromatic rings. The van der Waals surface area contributed by atoms with E-state index in [1.165, 1.54) is 17.1 Å². The van der Waals surface area contributed by atoms with Crippen molar-refractivity contribution in [2.24, 2.45) is 5.41 Å². The van der Waals surface area contributed by atoms with Crippen LogP contribution in [-0.2, 0) is 46.5 Å². The third-order valence-electron chi connectivity index (χ3n) is 7.56. The van der Waals surface area contributed by atoms with Gasteiger partial charge in [-0.2, -0.15) is 0 Å². The first-order chi connectivity index (χ1) is 21.7. The predicted octanol–water partition coefficient (Wildman–Crippen LogP) is 0.971. The van der Waals surface area contributed by atoms with Crippen molar-refractivity contribution in [2.45, 2.75) is 103 Å². The van der Waals surface area contributed by atoms with Crippen molar-refractivity contribution >= 4 is 29.7 Å². The second-order valence-electron chi connectivity index (χ2n) is 12.4. The van der Waals surface area contributed by atoms with E-state index >= 15 is 0 Å². The van der Waals surface area contributed by atoms with Gasteiger partial charge in [0.1, 0.15) is 30.7 Å². The minimum atomic E-state index is -1.87. The van der Waals surface area contributed by atoms with Crippen molar-refractivity contribution < 1.29 is 58.6 Å². The lowest BCUT2D eigenvalue weighted by atomic mass is 9.97. The number of benzene rings is 1. The van der Waals surface area contributed by atoms with Gasteiger partial charge in [-0.05, 0) is 64.5 Å². The van der Waals surface area contributed by atoms with Gasteiger partial charge in [-0.1, -0.05) is 18.6 Å². The second-order valence-corrected chi connectivity index (χ2v) is 12.4. The van der Waals surface area contributed by atoms with Crippen molar-refractivity contribution in [1.29, 1.82) is 0 Å². The smallest absolute Gasteiger partial charge is 0.335 e. The van der Waals surface area contributed by atoms with Crippen LogP contribution in [0.15, 0.2) is 30.4 Å². The number of aliphatic carboxylic acids is 1. The van der Waals surface area contributed by atoms with Crippen LogP contribution in [-0.4, -0.2) is 98.8 Å². The van der Waals surface area contributed by atoms with Crippen LogP contribution in [0.4, 0.5) is 0 Å². The van der Waals surface area contributed by atoms with Crippen LogP contribution in [0.25, 0.3) is 0 Å². The van der Waals surface area contributed by atoms with Gasteiger partial charge in [-0.25, -0.2) is 4.79 Å². The van der Waals surface area contributed by atoms with Crippen LogP contribution in [0.3, 0.4) is 0 Å². The normalized spacial score (nSPS) is 23.0. The fourth-order valence-electron chi connectivity index (χ4n) is 4.77. The molecular formula is C32H44N2O12. The molecule has 0 spiro atoms. The Kier molecular flexibility index (Phi) is 13.2. The molecule has 0 aliphatic carbocycles. The number of imide groups is 1. The van der Waals surface area contributed by atoms with Crippen molar-refractivity contribution in [3.8, 4) is 5.75 Å². The van der Waals surface area contributed by atoms with Gasteiger partial charge in [0.25, 0.3) is 11.8 Å². The van der Waals surface area contributed by atoms with Gasteiger partial charge in [0.15, 0.2) is 6.10 Å². The number of nitrogens with zero attached hydrogens (tertiary/aromatic N) is 1. The summed E-state index contributed by atoms with van der Waals surface area (Å²) in [6.07, 6.45) is -2.20. The molecular weight excluding hydrogens is 604 g/mol. The number of hydrogen-bond acceptors (Lipinski definition) is 11. The summed E-state index contributed by atoms with van der Waals surface area (Å²) in [4.78, 5) is 60.4. The van der Waals surface area contributed by atoms with E-state index in [1.54, 1.807) is 32.9 Å². The Balaban J connectivity index is 1.50. The lowest BCUT2D eigenvalue weighted by molar-refractivity contribution is -0.271. The van der Waals surface area contributed by atoms with Crippen LogP contribution in [0, 0.1) is 5.41 Å². The molecule has 5 N–H and O–H groups in total. The van der Waals surface area contributed by atoms with E-state index in [-0.39, 0.29) is 30.1 Å². The number of aryl methyl sites for hydroxylation is 1. The Morgan fingerprint density at radius 2 is 1.63 bits per heavy atom. The minimum absolute atomic E-state index is 0.0853. The van der Waals surface area contributed by atoms with Crippen LogP contribution < -0.4 is 10.1 Å². The number of carboxylic acid groups (broad SMARTS) is 1. The summed E-state index contributed by atoms with van der Waals surface area (Å²) < 4.78 is 16.5. The van der Waals surface area contributed by atoms with E-state index in [1.807, 2.05) is 6.07 Å². The quantitative estimate of drug-likeness (QED) is 0.0965. The zero-order valence-corrected chi connectivity index (χ0v) is 26.3. The van der Waals surface area contributed by atoms with Gasteiger partial charge in [0, 0.05) is 37.2 Å². The highest BCUT2D eigenvalue weighted by Crippen LogP contribution is 2.29. The number of aliphatic hydroxyl groups is 3. The van der Waals surface area contributed by atoms with Crippen LogP contribution in [0.5, 0.6) is 5.75 Å². The summed E-state index contributed by atoms with van der Waals surface area (Å²) >= 11 is 0. The average Bonchev–Trinajstić information content (AvgIpc) is 3.31. The molecule has 2 aliphatic heterocycles. The Morgan fingerprint density at radius 1 is 0.935 bits per heavy atom. The van der Waals surface area contributed by atoms with Gasteiger partial charge in [-0.3, -0.25) is 24.1 Å². The summed E-state index contributed by atoms with van der Waals surface area (Å²) in [5, 5.41) is 42.9. The maximum absolute atomic E-state index is 12.4. The maximum Gasteiger partial charge on any atom is 0.335 e. The summed E-state index contributed by atoms with van der Waals surface area (Å²) in [5.74, 6) is -2.57. The highest BCUT2D eigenvalue weighted by Gasteiger charge is 2.48. The van der Waals surface area contributed by atoms with Gasteiger partial charge >= 0.3 is 11.9 Å². The zero-order chi connectivity index (χ0) is 34.0. The molecule has 46 heavy (non-hydrogen) atoms. The van der Waals surface area contributed by atoms with Gasteiger partial charge in [0.05, 0.1) is 5.41 Å². The van der Waals surface area contributed by atoms with Crippen molar-refractivity contribution in [3.63, 3.8) is 0 Å². The van der Waals surface area contributed by atoms with Crippen molar-refractivity contribution in [3.05, 3.63) is 41.5 Å². The summed E-state index contributed by atoms with van der Waals surface area (Å²) in [5.41, 5.74) is 0.452. The number of hydrogen-bond donors (Lipinski definition) is 5. The van der Waals surface area contributed by atoms with Gasteiger partial charge in [0.2, 0.25) is 12.2 Å². The number of aliphatic hydroxyl groups excluding tert-OH is 3. The molecule has 0 bridgehead atoms. The Bertz CT molecular complexity index is 1270. The molecule has 1 aromatic carbocycles. The highest BCUT2D eigenvalue weighted by molar-refractivity contribution is 6.12. The SMILES string of the molecule is CC(C)(C)C(=O)OCc1ccc(CCCCNC(=O)CCCCCN2C(=O)C=CC2=O)cc1OC1O[C@H](C(=O)O)[C@@H](O)[C@H](O)[C@H]1O. The average molecular weight is 649 g/mol. The molecule has 14 heteroatoms. The molecule has 2 heterocycles. The number of ether oxygens (including phenoxy) is 3. The number of rotatable bonds is 16. The number of carboxylic acids is 1. The molecule has 2 aliphatic rings. The van der Waals surface area contributed by atoms with Crippen LogP contribution in [0.1, 0.15) is 70.4 Å². The van der Waals surface area contributed by atoms with E-state index in [2.05, 4.69) is 5.32 Å². The molecule has 254 valence electrons. The largest absolute Gasteiger partial charge is 0.479 e. The van der Waals surface area contributed by atoms with Gasteiger partial charge < -0.3 is 40.0 Å². The lowest BCUT2D eigenvalue weighted by Crippen LogP contribution is -2.61. The Hall–Kier alpha value is -3.85. The summed E-state index contributed by atoms with van der Waals surface area (Å²) in [6.45, 7) is 5.72. The molecule has 1 unspecified atom stereocenters. The third kappa shape index (κ3) is 10.3. The Morgan fingerprint density at radius 3 is 2.28 bits per heavy atom. The minimum Gasteiger partial charge on any atom is -0.479 e. The van der Waals surface area contributed by atoms with E-state index in [9.17, 15) is 44.4 Å². The summed E-state index contributed by atoms with van der Waals surface area (Å²) in [6, 6.07) is 5.12. The molecule has 1 saturated heterocycles. The Labute approximate surface area is 267 Å². The topological polar surface area (TPSA) is 209 Å². The molecule has 0 saturated carbocycles. The fourth-order valence-corrected chi connectivity index (χ4v) is 4.77. The standard InChI is InChI=1S/C32H44N2O12/c1-32(2,3)31(43)44-18-20-12-11-19(17-21(20)45-30-27(40)25(38)26(39)28(46-30)29(41)42)9-6-7-15-33-22(35)10-5-4-8-16-34-23(36)13-14-24(34)37/h11-14,17,25-28,30,38-40H,4-10,15-16,18H2,1-3H3,(H,33,35)(H,41,42)/t25-,26-,27+,28-,30?/m0/s1. The first-order valence-corrected chi connectivity index (χ1v) is 15.4. The molecule has 3 amide bonds. The van der Waals surface area contributed by atoms with E-state index in [4.69, 9.17) is 14.2 Å². The van der Waals surface area contributed by atoms with Gasteiger partial charge in [-0.15, -0.1) is 0 Å². The molecule has 14 nitrogen and oxygen atoms in total. The monoisotopic (exact) mass is 648 g/mol. The van der Waals surface area contributed by atoms with Crippen molar-refractivity contribution in [1.82, 2.24) is 10.2 Å². The molecule has 0 radical (unpaired) electrons. The first kappa shape index (κ1) is 36.6. The molecule has 0 aromatic heterocycles. The van der Waals surface area contributed by atoms with Crippen molar-refractivity contribution in [2.75, 3.05) is 13.1 Å². The number of esters is 1. The molecule has 5 atom stereocenters. The van der Waals surface area contributed by atoms with Crippen LogP contribution >= 0.6 is 0 Å². The number of carbonyl (C=O) groups is 5. The number of nitrogens with one attached hydrogen (secondary N) is 1. The lowest BCUT2D eigenvalue weighted by Gasteiger charge is -2.38. The third-order valence-corrected chi connectivity index (χ3v) is 7.56.